The van der Waals surface area contributed by atoms with Crippen LogP contribution in [-0.4, -0.2) is 6.61 Å². The van der Waals surface area contributed by atoms with Crippen LogP contribution >= 0.6 is 12.6 Å². The average molecular weight is 460 g/mol. The molecule has 4 aromatic carbocycles. The summed E-state index contributed by atoms with van der Waals surface area (Å²) in [4.78, 5) is 5.01. The summed E-state index contributed by atoms with van der Waals surface area (Å²) in [5.74, 6) is 0.955. The van der Waals surface area contributed by atoms with Crippen molar-refractivity contribution >= 4 is 23.5 Å². The third-order valence-electron chi connectivity index (χ3n) is 4.82. The van der Waals surface area contributed by atoms with Crippen molar-refractivity contribution in [2.75, 3.05) is 6.61 Å². The van der Waals surface area contributed by atoms with Gasteiger partial charge >= 0.3 is 0 Å². The van der Waals surface area contributed by atoms with Crippen molar-refractivity contribution in [2.24, 2.45) is 0 Å². The molecule has 0 saturated carbocycles. The van der Waals surface area contributed by atoms with Gasteiger partial charge in [0.15, 0.2) is 14.7 Å². The summed E-state index contributed by atoms with van der Waals surface area (Å²) in [5, 5.41) is 0. The van der Waals surface area contributed by atoms with Gasteiger partial charge in [0.1, 0.15) is 5.75 Å². The molecule has 0 fully saturated rings. The van der Waals surface area contributed by atoms with E-state index in [1.807, 2.05) is 24.3 Å². The third-order valence-corrected chi connectivity index (χ3v) is 7.35. The molecule has 32 heavy (non-hydrogen) atoms. The molecule has 0 bridgehead atoms. The lowest BCUT2D eigenvalue weighted by molar-refractivity contribution is 0.309. The second-order valence-electron chi connectivity index (χ2n) is 7.44. The molecule has 4 aromatic rings. The Labute approximate surface area is 201 Å². The van der Waals surface area contributed by atoms with Crippen LogP contribution in [0.1, 0.15) is 25.3 Å². The zero-order valence-corrected chi connectivity index (χ0v) is 20.5. The van der Waals surface area contributed by atoms with Crippen LogP contribution < -0.4 is 4.74 Å². The van der Waals surface area contributed by atoms with Crippen LogP contribution in [0.3, 0.4) is 0 Å². The van der Waals surface area contributed by atoms with Crippen molar-refractivity contribution in [3.63, 3.8) is 0 Å². The molecule has 0 saturated heterocycles. The van der Waals surface area contributed by atoms with Gasteiger partial charge in [0, 0.05) is 4.90 Å². The van der Waals surface area contributed by atoms with Gasteiger partial charge in [-0.05, 0) is 74.0 Å². The Morgan fingerprint density at radius 2 is 1.16 bits per heavy atom. The Hall–Kier alpha value is -2.62. The van der Waals surface area contributed by atoms with Gasteiger partial charge in [-0.2, -0.15) is 0 Å². The van der Waals surface area contributed by atoms with Gasteiger partial charge in [0.05, 0.1) is 17.5 Å². The van der Waals surface area contributed by atoms with Gasteiger partial charge in [0.25, 0.3) is 0 Å². The maximum absolute atomic E-state index is 5.80. The number of hydrogen-bond acceptors (Lipinski definition) is 2. The summed E-state index contributed by atoms with van der Waals surface area (Å²) >= 11 is 4.13. The molecule has 0 heterocycles. The molecule has 0 amide bonds. The third kappa shape index (κ3) is 7.51. The lowest BCUT2D eigenvalue weighted by Gasteiger charge is -2.09. The fourth-order valence-electron chi connectivity index (χ4n) is 3.07. The number of thiol groups is 1. The summed E-state index contributed by atoms with van der Waals surface area (Å²) in [6.07, 6.45) is 2.25. The molecule has 1 nitrogen and oxygen atoms in total. The van der Waals surface area contributed by atoms with E-state index in [1.54, 1.807) is 0 Å². The predicted octanol–water partition coefficient (Wildman–Crippen LogP) is 8.24. The minimum Gasteiger partial charge on any atom is -0.494 e. The maximum Gasteiger partial charge on any atom is 0.166 e. The van der Waals surface area contributed by atoms with Crippen LogP contribution in [0, 0.1) is 6.92 Å². The fraction of sp³-hybridized carbons (Fsp3) is 0.172. The van der Waals surface area contributed by atoms with E-state index in [1.165, 1.54) is 20.2 Å². The van der Waals surface area contributed by atoms with E-state index in [4.69, 9.17) is 4.74 Å². The lowest BCUT2D eigenvalue weighted by Crippen LogP contribution is -2.04. The summed E-state index contributed by atoms with van der Waals surface area (Å²) in [6.45, 7) is 5.03. The van der Waals surface area contributed by atoms with E-state index in [2.05, 4.69) is 111 Å². The van der Waals surface area contributed by atoms with Gasteiger partial charge in [-0.25, -0.2) is 0 Å². The van der Waals surface area contributed by atoms with Crippen LogP contribution in [-0.2, 0) is 10.9 Å². The van der Waals surface area contributed by atoms with Crippen molar-refractivity contribution in [3.05, 3.63) is 115 Å². The number of benzene rings is 4. The molecule has 0 aliphatic carbocycles. The Kier molecular flexibility index (Phi) is 9.80. The van der Waals surface area contributed by atoms with Crippen molar-refractivity contribution < 1.29 is 4.74 Å². The van der Waals surface area contributed by atoms with Gasteiger partial charge in [-0.1, -0.05) is 67.4 Å². The average Bonchev–Trinajstić information content (AvgIpc) is 2.84. The molecule has 4 rings (SSSR count). The number of ether oxygens (including phenoxy) is 1. The van der Waals surface area contributed by atoms with Crippen molar-refractivity contribution in [3.8, 4) is 5.75 Å². The topological polar surface area (TPSA) is 9.23 Å². The van der Waals surface area contributed by atoms with Gasteiger partial charge in [-0.15, -0.1) is 12.6 Å². The second kappa shape index (κ2) is 13.0. The van der Waals surface area contributed by atoms with E-state index in [0.717, 1.165) is 30.1 Å². The van der Waals surface area contributed by atoms with Gasteiger partial charge < -0.3 is 4.74 Å². The van der Waals surface area contributed by atoms with E-state index >= 15 is 0 Å². The van der Waals surface area contributed by atoms with Crippen LogP contribution in [0.15, 0.2) is 129 Å². The van der Waals surface area contributed by atoms with Gasteiger partial charge in [-0.3, -0.25) is 0 Å². The van der Waals surface area contributed by atoms with Crippen molar-refractivity contribution in [1.29, 1.82) is 0 Å². The molecule has 3 heteroatoms. The SMILES string of the molecule is CCCCOc1ccc([S+](c2ccccc2)c2ccccc2)cc1.Cc1ccc(S)cc1. The van der Waals surface area contributed by atoms with Crippen molar-refractivity contribution in [1.82, 2.24) is 0 Å². The highest BCUT2D eigenvalue weighted by Gasteiger charge is 2.28. The first-order valence-corrected chi connectivity index (χ1v) is 12.7. The molecular weight excluding hydrogens is 428 g/mol. The van der Waals surface area contributed by atoms with Crippen molar-refractivity contribution in [2.45, 2.75) is 46.3 Å². The Morgan fingerprint density at radius 1 is 0.656 bits per heavy atom. The minimum absolute atomic E-state index is 0.0858. The summed E-state index contributed by atoms with van der Waals surface area (Å²) < 4.78 is 5.80. The van der Waals surface area contributed by atoms with E-state index in [0.29, 0.717) is 0 Å². The molecule has 0 aromatic heterocycles. The second-order valence-corrected chi connectivity index (χ2v) is 9.98. The largest absolute Gasteiger partial charge is 0.494 e. The highest BCUT2D eigenvalue weighted by molar-refractivity contribution is 7.97. The smallest absolute Gasteiger partial charge is 0.166 e. The van der Waals surface area contributed by atoms with Crippen LogP contribution in [0.5, 0.6) is 5.75 Å². The quantitative estimate of drug-likeness (QED) is 0.166. The molecule has 164 valence electrons. The van der Waals surface area contributed by atoms with E-state index in [9.17, 15) is 0 Å². The summed E-state index contributed by atoms with van der Waals surface area (Å²) in [6, 6.07) is 38.1. The molecule has 0 unspecified atom stereocenters. The van der Waals surface area contributed by atoms with Gasteiger partial charge in [0.2, 0.25) is 0 Å². The normalized spacial score (nSPS) is 10.4. The monoisotopic (exact) mass is 459 g/mol. The first kappa shape index (κ1) is 24.0. The number of aryl methyl sites for hydroxylation is 1. The molecule has 0 aliphatic heterocycles. The maximum atomic E-state index is 5.80. The fourth-order valence-corrected chi connectivity index (χ4v) is 5.30. The van der Waals surface area contributed by atoms with Crippen LogP contribution in [0.4, 0.5) is 0 Å². The number of unbranched alkanes of at least 4 members (excludes halogenated alkanes) is 1. The first-order chi connectivity index (χ1) is 15.7. The molecule has 0 atom stereocenters. The van der Waals surface area contributed by atoms with E-state index < -0.39 is 0 Å². The summed E-state index contributed by atoms with van der Waals surface area (Å²) in [7, 11) is -0.0858. The molecule has 0 spiro atoms. The standard InChI is InChI=1S/C22H23OS.C7H8S/c1-2-3-18-23-19-14-16-22(17-15-19)24(20-10-6-4-7-11-20)21-12-8-5-9-13-21;1-6-2-4-7(8)5-3-6/h4-17H,2-3,18H2,1H3;2-5,8H,1H3/q+1;. The zero-order chi connectivity index (χ0) is 22.6. The summed E-state index contributed by atoms with van der Waals surface area (Å²) in [5.41, 5.74) is 1.28. The predicted molar refractivity (Wildman–Crippen MR) is 140 cm³/mol. The Morgan fingerprint density at radius 3 is 1.62 bits per heavy atom. The highest BCUT2D eigenvalue weighted by Crippen LogP contribution is 2.31. The van der Waals surface area contributed by atoms with Crippen LogP contribution in [0.2, 0.25) is 0 Å². The van der Waals surface area contributed by atoms with Crippen LogP contribution in [0.25, 0.3) is 0 Å². The first-order valence-electron chi connectivity index (χ1n) is 11.0. The number of hydrogen-bond donors (Lipinski definition) is 1. The minimum atomic E-state index is -0.0858. The van der Waals surface area contributed by atoms with E-state index in [-0.39, 0.29) is 10.9 Å². The Bertz CT molecular complexity index is 970. The zero-order valence-electron chi connectivity index (χ0n) is 18.8. The Balaban J connectivity index is 0.000000305. The molecule has 0 aliphatic rings. The molecule has 0 N–H and O–H groups in total. The lowest BCUT2D eigenvalue weighted by atomic mass is 10.2. The highest BCUT2D eigenvalue weighted by atomic mass is 32.2. The number of rotatable bonds is 7. The molecular formula is C29H31OS2+. The molecule has 0 radical (unpaired) electrons.